The Morgan fingerprint density at radius 2 is 1.52 bits per heavy atom. The number of aromatic nitrogens is 1. The van der Waals surface area contributed by atoms with Crippen molar-refractivity contribution in [3.63, 3.8) is 0 Å². The fourth-order valence-electron chi connectivity index (χ4n) is 1.28. The molecule has 0 aliphatic carbocycles. The summed E-state index contributed by atoms with van der Waals surface area (Å²) >= 11 is 0. The van der Waals surface area contributed by atoms with Crippen LogP contribution in [0.4, 0.5) is 26.3 Å². The lowest BCUT2D eigenvalue weighted by Gasteiger charge is -2.22. The summed E-state index contributed by atoms with van der Waals surface area (Å²) in [5, 5.41) is 0. The van der Waals surface area contributed by atoms with Crippen LogP contribution in [0.15, 0.2) is 30.6 Å². The number of sulfonamides is 2. The molecular formula is C13H16F6N2O4S2. The highest BCUT2D eigenvalue weighted by atomic mass is 32.3. The molecule has 0 unspecified atom stereocenters. The van der Waals surface area contributed by atoms with Crippen molar-refractivity contribution in [3.05, 3.63) is 40.3 Å². The van der Waals surface area contributed by atoms with Gasteiger partial charge in [0.05, 0.1) is 0 Å². The molecule has 0 aromatic carbocycles. The van der Waals surface area contributed by atoms with Crippen molar-refractivity contribution in [2.45, 2.75) is 37.7 Å². The summed E-state index contributed by atoms with van der Waals surface area (Å²) in [6, 6.07) is 4.16. The molecule has 0 aliphatic heterocycles. The van der Waals surface area contributed by atoms with E-state index in [2.05, 4.69) is 55.2 Å². The molecule has 0 radical (unpaired) electrons. The van der Waals surface area contributed by atoms with E-state index in [-0.39, 0.29) is 0 Å². The van der Waals surface area contributed by atoms with E-state index in [0.717, 1.165) is 10.5 Å². The largest absolute Gasteiger partial charge is 0.480 e. The fourth-order valence-corrected chi connectivity index (χ4v) is 2.99. The van der Waals surface area contributed by atoms with E-state index in [1.54, 1.807) is 0 Å². The van der Waals surface area contributed by atoms with Gasteiger partial charge in [-0.15, -0.1) is 0 Å². The summed E-state index contributed by atoms with van der Waals surface area (Å²) in [6.07, 6.45) is 10.8. The van der Waals surface area contributed by atoms with Crippen LogP contribution in [0, 0.1) is 6.92 Å². The van der Waals surface area contributed by atoms with E-state index in [4.69, 9.17) is 0 Å². The number of hydrogen-bond donors (Lipinski definition) is 0. The molecule has 6 nitrogen and oxygen atoms in total. The number of halogens is 6. The predicted molar refractivity (Wildman–Crippen MR) is 84.9 cm³/mol. The first kappa shape index (κ1) is 25.3. The van der Waals surface area contributed by atoms with Gasteiger partial charge in [0.25, 0.3) is 0 Å². The quantitative estimate of drug-likeness (QED) is 0.515. The van der Waals surface area contributed by atoms with Crippen LogP contribution in [0.1, 0.15) is 25.3 Å². The first-order valence-corrected chi connectivity index (χ1v) is 9.92. The van der Waals surface area contributed by atoms with Crippen molar-refractivity contribution in [1.82, 2.24) is 0 Å². The predicted octanol–water partition coefficient (Wildman–Crippen LogP) is 3.61. The lowest BCUT2D eigenvalue weighted by molar-refractivity contribution is -0.568. The van der Waals surface area contributed by atoms with Crippen LogP contribution in [0.3, 0.4) is 0 Å². The number of unbranched alkanes of at least 4 members (excludes halogenated alkanes) is 1. The number of rotatable bonds is 5. The van der Waals surface area contributed by atoms with Crippen LogP contribution < -0.4 is 4.57 Å². The summed E-state index contributed by atoms with van der Waals surface area (Å²) < 4.78 is 111. The molecule has 27 heavy (non-hydrogen) atoms. The molecular weight excluding hydrogens is 426 g/mol. The molecule has 0 spiro atoms. The van der Waals surface area contributed by atoms with Crippen molar-refractivity contribution in [1.29, 1.82) is 0 Å². The highest BCUT2D eigenvalue weighted by molar-refractivity contribution is 8.13. The third-order valence-electron chi connectivity index (χ3n) is 2.48. The molecule has 0 aliphatic rings. The van der Waals surface area contributed by atoms with Gasteiger partial charge in [-0.3, -0.25) is 0 Å². The number of alkyl halides is 6. The highest BCUT2D eigenvalue weighted by Gasteiger charge is 2.46. The number of pyridine rings is 1. The molecule has 156 valence electrons. The SMILES string of the molecule is CCCC=C[n+]1cccc(C)c1.O=S(=O)([N-]S(=O)(=O)C(F)(F)F)C(F)(F)F. The van der Waals surface area contributed by atoms with Gasteiger partial charge in [0, 0.05) is 11.6 Å². The summed E-state index contributed by atoms with van der Waals surface area (Å²) in [7, 11) is -13.4. The normalized spacial score (nSPS) is 13.3. The number of hydrogen-bond acceptors (Lipinski definition) is 4. The average molecular weight is 442 g/mol. The first-order chi connectivity index (χ1) is 12.0. The zero-order chi connectivity index (χ0) is 21.5. The minimum Gasteiger partial charge on any atom is -0.421 e. The number of allylic oxidation sites excluding steroid dienone is 1. The summed E-state index contributed by atoms with van der Waals surface area (Å²) in [5.41, 5.74) is -11.1. The van der Waals surface area contributed by atoms with Crippen LogP contribution in [0.25, 0.3) is 10.3 Å². The Balaban J connectivity index is 0.000000511. The Kier molecular flexibility index (Phi) is 8.92. The first-order valence-electron chi connectivity index (χ1n) is 7.04. The van der Waals surface area contributed by atoms with Crippen LogP contribution in [-0.2, 0) is 20.0 Å². The van der Waals surface area contributed by atoms with Crippen molar-refractivity contribution in [3.8, 4) is 0 Å². The molecule has 1 heterocycles. The Labute approximate surface area is 152 Å². The van der Waals surface area contributed by atoms with E-state index in [1.165, 1.54) is 12.0 Å². The maximum Gasteiger partial charge on any atom is 0.480 e. The van der Waals surface area contributed by atoms with Crippen molar-refractivity contribution in [2.75, 3.05) is 0 Å². The second kappa shape index (κ2) is 9.50. The van der Waals surface area contributed by atoms with Crippen LogP contribution >= 0.6 is 0 Å². The summed E-state index contributed by atoms with van der Waals surface area (Å²) in [6.45, 7) is 4.29. The van der Waals surface area contributed by atoms with Gasteiger partial charge >= 0.3 is 11.0 Å². The van der Waals surface area contributed by atoms with Gasteiger partial charge in [0.2, 0.25) is 0 Å². The molecule has 1 aromatic rings. The van der Waals surface area contributed by atoms with E-state index in [9.17, 15) is 43.2 Å². The Morgan fingerprint density at radius 1 is 1.04 bits per heavy atom. The summed E-state index contributed by atoms with van der Waals surface area (Å²) in [4.78, 5) is 0. The Bertz CT molecular complexity index is 804. The zero-order valence-electron chi connectivity index (χ0n) is 14.0. The topological polar surface area (TPSA) is 86.3 Å². The minimum absolute atomic E-state index is 0.778. The van der Waals surface area contributed by atoms with E-state index in [0.29, 0.717) is 0 Å². The molecule has 0 amide bonds. The molecule has 0 bridgehead atoms. The molecule has 1 aromatic heterocycles. The van der Waals surface area contributed by atoms with E-state index >= 15 is 0 Å². The van der Waals surface area contributed by atoms with Gasteiger partial charge < -0.3 is 4.13 Å². The van der Waals surface area contributed by atoms with Gasteiger partial charge in [-0.25, -0.2) is 16.8 Å². The molecule has 14 heteroatoms. The lowest BCUT2D eigenvalue weighted by atomic mass is 10.3. The average Bonchev–Trinajstić information content (AvgIpc) is 2.45. The second-order valence-electron chi connectivity index (χ2n) is 4.92. The molecule has 0 saturated carbocycles. The van der Waals surface area contributed by atoms with Crippen LogP contribution in [-0.4, -0.2) is 27.9 Å². The smallest absolute Gasteiger partial charge is 0.421 e. The van der Waals surface area contributed by atoms with E-state index in [1.807, 2.05) is 0 Å². The Morgan fingerprint density at radius 3 is 1.89 bits per heavy atom. The van der Waals surface area contributed by atoms with Crippen molar-refractivity contribution in [2.24, 2.45) is 0 Å². The standard InChI is InChI=1S/C11H16N.C2F6NO4S2/c1-3-4-5-8-12-9-6-7-11(2)10-12;3-1(4,5)14(10,11)9-15(12,13)2(6,7)8/h5-10H,3-4H2,1-2H3;/q+1;-1. The highest BCUT2D eigenvalue weighted by Crippen LogP contribution is 2.36. The number of nitrogens with zero attached hydrogens (tertiary/aromatic N) is 2. The fraction of sp³-hybridized carbons (Fsp3) is 0.462. The maximum absolute atomic E-state index is 11.4. The molecule has 1 rings (SSSR count). The third-order valence-corrected chi connectivity index (χ3v) is 5.22. The van der Waals surface area contributed by atoms with Crippen molar-refractivity contribution < 1.29 is 47.7 Å². The third kappa shape index (κ3) is 8.71. The van der Waals surface area contributed by atoms with Gasteiger partial charge in [0.1, 0.15) is 0 Å². The lowest BCUT2D eigenvalue weighted by Crippen LogP contribution is -2.30. The van der Waals surface area contributed by atoms with Gasteiger partial charge in [0.15, 0.2) is 38.6 Å². The van der Waals surface area contributed by atoms with Crippen molar-refractivity contribution >= 4 is 26.2 Å². The van der Waals surface area contributed by atoms with Gasteiger partial charge in [-0.2, -0.15) is 30.9 Å². The van der Waals surface area contributed by atoms with E-state index < -0.39 is 31.1 Å². The molecule has 0 atom stereocenters. The van der Waals surface area contributed by atoms with Gasteiger partial charge in [-0.05, 0) is 25.5 Å². The van der Waals surface area contributed by atoms with Crippen LogP contribution in [0.5, 0.6) is 0 Å². The summed E-state index contributed by atoms with van der Waals surface area (Å²) in [5.74, 6) is 0. The molecule has 0 saturated heterocycles. The van der Waals surface area contributed by atoms with Gasteiger partial charge in [-0.1, -0.05) is 13.3 Å². The second-order valence-corrected chi connectivity index (χ2v) is 8.34. The zero-order valence-corrected chi connectivity index (χ0v) is 15.6. The number of aryl methyl sites for hydroxylation is 1. The minimum atomic E-state index is -6.72. The van der Waals surface area contributed by atoms with Crippen LogP contribution in [0.2, 0.25) is 0 Å². The molecule has 0 fully saturated rings. The monoisotopic (exact) mass is 442 g/mol. The maximum atomic E-state index is 11.4. The Hall–Kier alpha value is -1.67. The molecule has 0 N–H and O–H groups in total.